The van der Waals surface area contributed by atoms with Gasteiger partial charge in [0, 0.05) is 22.6 Å². The van der Waals surface area contributed by atoms with Crippen LogP contribution in [0.2, 0.25) is 0 Å². The molecule has 0 amide bonds. The SMILES string of the molecule is CC(C)N(C(C)C)P(OCCC#N)OC1C2CCCCC1SS2. The Morgan fingerprint density at radius 2 is 1.70 bits per heavy atom. The summed E-state index contributed by atoms with van der Waals surface area (Å²) in [6.07, 6.45) is 5.86. The van der Waals surface area contributed by atoms with Crippen LogP contribution in [0, 0.1) is 11.3 Å². The summed E-state index contributed by atoms with van der Waals surface area (Å²) in [5, 5.41) is 10.00. The summed E-state index contributed by atoms with van der Waals surface area (Å²) < 4.78 is 15.0. The molecule has 2 rings (SSSR count). The topological polar surface area (TPSA) is 45.5 Å². The fraction of sp³-hybridized carbons (Fsp3) is 0.938. The molecule has 1 saturated carbocycles. The van der Waals surface area contributed by atoms with Crippen LogP contribution in [-0.2, 0) is 9.05 Å². The largest absolute Gasteiger partial charge is 0.321 e. The van der Waals surface area contributed by atoms with Crippen LogP contribution in [-0.4, -0.2) is 40.0 Å². The van der Waals surface area contributed by atoms with Gasteiger partial charge in [-0.25, -0.2) is 4.67 Å². The first-order valence-electron chi connectivity index (χ1n) is 8.61. The molecule has 132 valence electrons. The van der Waals surface area contributed by atoms with Gasteiger partial charge in [0.1, 0.15) is 0 Å². The summed E-state index contributed by atoms with van der Waals surface area (Å²) >= 11 is 0. The molecule has 0 aromatic carbocycles. The van der Waals surface area contributed by atoms with Crippen molar-refractivity contribution in [3.05, 3.63) is 0 Å². The number of hydrogen-bond donors (Lipinski definition) is 0. The minimum atomic E-state index is -1.11. The van der Waals surface area contributed by atoms with Gasteiger partial charge in [-0.05, 0) is 40.5 Å². The lowest BCUT2D eigenvalue weighted by Gasteiger charge is -2.38. The first-order chi connectivity index (χ1) is 11.0. The van der Waals surface area contributed by atoms with Gasteiger partial charge in [0.15, 0.2) is 0 Å². The van der Waals surface area contributed by atoms with Gasteiger partial charge in [0.25, 0.3) is 8.53 Å². The van der Waals surface area contributed by atoms with Crippen molar-refractivity contribution < 1.29 is 9.05 Å². The number of nitrogens with zero attached hydrogens (tertiary/aromatic N) is 2. The molecular formula is C16H29N2O2PS2. The number of nitriles is 1. The normalized spacial score (nSPS) is 29.0. The Kier molecular flexibility index (Phi) is 8.49. The second kappa shape index (κ2) is 9.85. The summed E-state index contributed by atoms with van der Waals surface area (Å²) in [6.45, 7) is 9.23. The van der Waals surface area contributed by atoms with Crippen LogP contribution < -0.4 is 0 Å². The van der Waals surface area contributed by atoms with Gasteiger partial charge in [0.2, 0.25) is 0 Å². The highest BCUT2D eigenvalue weighted by Crippen LogP contribution is 2.56. The Balaban J connectivity index is 2.08. The molecule has 4 nitrogen and oxygen atoms in total. The fourth-order valence-electron chi connectivity index (χ4n) is 3.14. The lowest BCUT2D eigenvalue weighted by Crippen LogP contribution is -2.37. The Bertz CT molecular complexity index is 384. The maximum Gasteiger partial charge on any atom is 0.259 e. The van der Waals surface area contributed by atoms with Gasteiger partial charge in [-0.1, -0.05) is 34.4 Å². The molecule has 2 fully saturated rings. The minimum absolute atomic E-state index is 0.292. The molecule has 0 aromatic rings. The molecule has 1 aliphatic heterocycles. The van der Waals surface area contributed by atoms with Crippen molar-refractivity contribution in [3.8, 4) is 6.07 Å². The van der Waals surface area contributed by atoms with E-state index in [0.29, 0.717) is 41.7 Å². The lowest BCUT2D eigenvalue weighted by atomic mass is 10.1. The van der Waals surface area contributed by atoms with E-state index in [0.717, 1.165) is 0 Å². The molecule has 1 saturated heterocycles. The third-order valence-corrected chi connectivity index (χ3v) is 9.70. The first-order valence-corrected chi connectivity index (χ1v) is 12.0. The van der Waals surface area contributed by atoms with E-state index in [1.54, 1.807) is 0 Å². The van der Waals surface area contributed by atoms with Crippen molar-refractivity contribution in [1.29, 1.82) is 5.26 Å². The lowest BCUT2D eigenvalue weighted by molar-refractivity contribution is 0.130. The highest BCUT2D eigenvalue weighted by molar-refractivity contribution is 8.77. The van der Waals surface area contributed by atoms with E-state index in [-0.39, 0.29) is 0 Å². The van der Waals surface area contributed by atoms with Gasteiger partial charge in [-0.3, -0.25) is 0 Å². The van der Waals surface area contributed by atoms with Gasteiger partial charge in [-0.2, -0.15) is 5.26 Å². The fourth-order valence-corrected chi connectivity index (χ4v) is 8.82. The van der Waals surface area contributed by atoms with Crippen molar-refractivity contribution in [2.45, 2.75) is 88.5 Å². The molecule has 1 aliphatic carbocycles. The van der Waals surface area contributed by atoms with Crippen LogP contribution in [0.1, 0.15) is 59.8 Å². The second-order valence-corrected chi connectivity index (χ2v) is 10.8. The number of rotatable bonds is 8. The van der Waals surface area contributed by atoms with Gasteiger partial charge >= 0.3 is 0 Å². The smallest absolute Gasteiger partial charge is 0.259 e. The molecule has 23 heavy (non-hydrogen) atoms. The summed E-state index contributed by atoms with van der Waals surface area (Å²) in [7, 11) is 2.91. The zero-order valence-electron chi connectivity index (χ0n) is 14.6. The zero-order valence-corrected chi connectivity index (χ0v) is 17.1. The van der Waals surface area contributed by atoms with Crippen molar-refractivity contribution in [1.82, 2.24) is 4.67 Å². The highest BCUT2D eigenvalue weighted by Gasteiger charge is 2.43. The molecule has 0 aromatic heterocycles. The number of hydrogen-bond acceptors (Lipinski definition) is 6. The maximum atomic E-state index is 8.80. The Morgan fingerprint density at radius 1 is 1.13 bits per heavy atom. The van der Waals surface area contributed by atoms with E-state index >= 15 is 0 Å². The van der Waals surface area contributed by atoms with E-state index < -0.39 is 8.53 Å². The third kappa shape index (κ3) is 5.49. The number of fused-ring (bicyclic) bond motifs is 2. The summed E-state index contributed by atoms with van der Waals surface area (Å²) in [5.41, 5.74) is 0. The van der Waals surface area contributed by atoms with Crippen molar-refractivity contribution >= 4 is 30.1 Å². The van der Waals surface area contributed by atoms with Crippen LogP contribution in [0.15, 0.2) is 0 Å². The average molecular weight is 377 g/mol. The predicted molar refractivity (Wildman–Crippen MR) is 101 cm³/mol. The molecule has 3 unspecified atom stereocenters. The molecule has 0 radical (unpaired) electrons. The van der Waals surface area contributed by atoms with E-state index in [1.165, 1.54) is 25.7 Å². The van der Waals surface area contributed by atoms with Gasteiger partial charge in [0.05, 0.1) is 25.2 Å². The Morgan fingerprint density at radius 3 is 2.17 bits per heavy atom. The van der Waals surface area contributed by atoms with E-state index in [2.05, 4.69) is 38.4 Å². The molecule has 2 aliphatic rings. The Hall–Kier alpha value is 0.500. The monoisotopic (exact) mass is 376 g/mol. The van der Waals surface area contributed by atoms with E-state index in [4.69, 9.17) is 14.3 Å². The summed E-state index contributed by atoms with van der Waals surface area (Å²) in [6, 6.07) is 2.90. The zero-order chi connectivity index (χ0) is 16.8. The third-order valence-electron chi connectivity index (χ3n) is 4.14. The van der Waals surface area contributed by atoms with Gasteiger partial charge < -0.3 is 9.05 Å². The van der Waals surface area contributed by atoms with Crippen LogP contribution in [0.25, 0.3) is 0 Å². The second-order valence-electron chi connectivity index (χ2n) is 6.67. The summed E-state index contributed by atoms with van der Waals surface area (Å²) in [5.74, 6) is 0. The predicted octanol–water partition coefficient (Wildman–Crippen LogP) is 5.35. The van der Waals surface area contributed by atoms with Crippen LogP contribution in [0.4, 0.5) is 0 Å². The van der Waals surface area contributed by atoms with Crippen LogP contribution >= 0.6 is 30.1 Å². The standard InChI is InChI=1S/C16H29N2O2PS2/c1-12(2)18(13(3)4)21(19-11-7-10-17)20-16-14-8-5-6-9-15(16)23-22-14/h12-16H,5-9,11H2,1-4H3. The van der Waals surface area contributed by atoms with E-state index in [9.17, 15) is 0 Å². The van der Waals surface area contributed by atoms with Crippen LogP contribution in [0.3, 0.4) is 0 Å². The average Bonchev–Trinajstić information content (AvgIpc) is 2.71. The van der Waals surface area contributed by atoms with Crippen molar-refractivity contribution in [2.75, 3.05) is 6.61 Å². The van der Waals surface area contributed by atoms with Crippen LogP contribution in [0.5, 0.6) is 0 Å². The van der Waals surface area contributed by atoms with Crippen molar-refractivity contribution in [2.24, 2.45) is 0 Å². The Labute approximate surface area is 150 Å². The molecule has 3 atom stereocenters. The highest BCUT2D eigenvalue weighted by atomic mass is 33.1. The summed E-state index contributed by atoms with van der Waals surface area (Å²) in [4.78, 5) is 0. The maximum absolute atomic E-state index is 8.80. The minimum Gasteiger partial charge on any atom is -0.321 e. The molecule has 1 heterocycles. The molecule has 2 bridgehead atoms. The first kappa shape index (κ1) is 19.8. The molecular weight excluding hydrogens is 347 g/mol. The molecule has 0 spiro atoms. The quantitative estimate of drug-likeness (QED) is 0.323. The van der Waals surface area contributed by atoms with E-state index in [1.807, 2.05) is 21.6 Å². The molecule has 0 N–H and O–H groups in total. The van der Waals surface area contributed by atoms with Crippen molar-refractivity contribution in [3.63, 3.8) is 0 Å². The molecule has 7 heteroatoms. The van der Waals surface area contributed by atoms with Gasteiger partial charge in [-0.15, -0.1) is 0 Å².